The Morgan fingerprint density at radius 2 is 1.72 bits per heavy atom. The van der Waals surface area contributed by atoms with Gasteiger partial charge in [-0.3, -0.25) is 4.98 Å². The van der Waals surface area contributed by atoms with Gasteiger partial charge in [0.15, 0.2) is 0 Å². The summed E-state index contributed by atoms with van der Waals surface area (Å²) in [6.45, 7) is 0. The topological polar surface area (TPSA) is 25.8 Å². The molecule has 0 atom stereocenters. The van der Waals surface area contributed by atoms with Gasteiger partial charge in [0, 0.05) is 23.8 Å². The van der Waals surface area contributed by atoms with Gasteiger partial charge in [0.05, 0.1) is 5.69 Å². The lowest BCUT2D eigenvalue weighted by Crippen LogP contribution is -2.09. The quantitative estimate of drug-likeness (QED) is 0.775. The van der Waals surface area contributed by atoms with Crippen molar-refractivity contribution in [2.45, 2.75) is 12.1 Å². The Kier molecular flexibility index (Phi) is 3.52. The predicted molar refractivity (Wildman–Crippen MR) is 62.0 cm³/mol. The lowest BCUT2D eigenvalue weighted by atomic mass is 10.1. The van der Waals surface area contributed by atoms with Crippen LogP contribution in [-0.4, -0.2) is 9.97 Å². The summed E-state index contributed by atoms with van der Waals surface area (Å²) in [5.41, 5.74) is 0.424. The second kappa shape index (κ2) is 4.94. The Hall–Kier alpha value is -1.62. The first-order valence-electron chi connectivity index (χ1n) is 5.06. The minimum atomic E-state index is -4.47. The zero-order chi connectivity index (χ0) is 13.2. The van der Waals surface area contributed by atoms with Crippen LogP contribution in [0.5, 0.6) is 0 Å². The minimum Gasteiger partial charge on any atom is -0.265 e. The Morgan fingerprint density at radius 3 is 2.28 bits per heavy atom. The summed E-state index contributed by atoms with van der Waals surface area (Å²) in [7, 11) is 0. The smallest absolute Gasteiger partial charge is 0.265 e. The zero-order valence-electron chi connectivity index (χ0n) is 9.08. The van der Waals surface area contributed by atoms with Crippen LogP contribution in [0.4, 0.5) is 13.2 Å². The van der Waals surface area contributed by atoms with Crippen LogP contribution in [0.2, 0.25) is 0 Å². The fourth-order valence-electron chi connectivity index (χ4n) is 1.51. The van der Waals surface area contributed by atoms with Gasteiger partial charge >= 0.3 is 6.18 Å². The molecule has 0 radical (unpaired) electrons. The molecule has 0 unspecified atom stereocenters. The van der Waals surface area contributed by atoms with Gasteiger partial charge < -0.3 is 0 Å². The molecule has 0 aromatic carbocycles. The van der Waals surface area contributed by atoms with E-state index in [9.17, 15) is 13.2 Å². The van der Waals surface area contributed by atoms with Crippen molar-refractivity contribution in [2.24, 2.45) is 0 Å². The molecule has 0 saturated heterocycles. The molecule has 0 fully saturated rings. The number of aromatic nitrogens is 2. The summed E-state index contributed by atoms with van der Waals surface area (Å²) < 4.78 is 37.8. The third-order valence-corrected chi connectivity index (χ3v) is 2.65. The molecule has 0 amide bonds. The van der Waals surface area contributed by atoms with Gasteiger partial charge in [-0.05, 0) is 23.8 Å². The molecule has 0 aliphatic carbocycles. The first-order chi connectivity index (χ1) is 8.52. The molecular weight excluding hydrogens is 265 g/mol. The Labute approximate surface area is 106 Å². The Balaban J connectivity index is 2.57. The molecule has 2 aromatic heterocycles. The molecule has 0 aliphatic rings. The molecule has 0 spiro atoms. The number of pyridine rings is 2. The number of rotatable bonds is 2. The molecule has 2 nitrogen and oxygen atoms in total. The van der Waals surface area contributed by atoms with Crippen LogP contribution in [0.3, 0.4) is 0 Å². The highest BCUT2D eigenvalue weighted by Gasteiger charge is 2.33. The average Bonchev–Trinajstić information content (AvgIpc) is 2.38. The van der Waals surface area contributed by atoms with E-state index in [0.717, 1.165) is 6.07 Å². The molecule has 0 bridgehead atoms. The second-order valence-electron chi connectivity index (χ2n) is 3.57. The zero-order valence-corrected chi connectivity index (χ0v) is 9.83. The first kappa shape index (κ1) is 12.8. The highest BCUT2D eigenvalue weighted by molar-refractivity contribution is 6.17. The number of alkyl halides is 4. The molecule has 2 rings (SSSR count). The van der Waals surface area contributed by atoms with Crippen molar-refractivity contribution < 1.29 is 13.2 Å². The summed E-state index contributed by atoms with van der Waals surface area (Å²) in [6.07, 6.45) is -1.48. The number of halogens is 4. The van der Waals surface area contributed by atoms with Crippen LogP contribution >= 0.6 is 11.6 Å². The molecule has 0 saturated carbocycles. The van der Waals surface area contributed by atoms with E-state index in [2.05, 4.69) is 9.97 Å². The highest BCUT2D eigenvalue weighted by atomic mass is 35.5. The van der Waals surface area contributed by atoms with Crippen LogP contribution in [-0.2, 0) is 12.1 Å². The number of nitrogens with zero attached hydrogens (tertiary/aromatic N) is 2. The lowest BCUT2D eigenvalue weighted by molar-refractivity contribution is -0.141. The van der Waals surface area contributed by atoms with Gasteiger partial charge in [-0.25, -0.2) is 4.98 Å². The van der Waals surface area contributed by atoms with E-state index in [4.69, 9.17) is 11.6 Å². The van der Waals surface area contributed by atoms with Crippen LogP contribution in [0.1, 0.15) is 11.3 Å². The fraction of sp³-hybridized carbons (Fsp3) is 0.167. The van der Waals surface area contributed by atoms with Gasteiger partial charge in [-0.2, -0.15) is 13.2 Å². The third kappa shape index (κ3) is 2.61. The Morgan fingerprint density at radius 1 is 1.06 bits per heavy atom. The van der Waals surface area contributed by atoms with Gasteiger partial charge in [0.1, 0.15) is 5.69 Å². The summed E-state index contributed by atoms with van der Waals surface area (Å²) in [5.74, 6) is 0.1000. The van der Waals surface area contributed by atoms with E-state index < -0.39 is 11.9 Å². The highest BCUT2D eigenvalue weighted by Crippen LogP contribution is 2.31. The number of hydrogen-bond acceptors (Lipinski definition) is 2. The van der Waals surface area contributed by atoms with Gasteiger partial charge in [0.2, 0.25) is 0 Å². The monoisotopic (exact) mass is 272 g/mol. The normalized spacial score (nSPS) is 11.6. The molecule has 6 heteroatoms. The van der Waals surface area contributed by atoms with Crippen LogP contribution < -0.4 is 0 Å². The SMILES string of the molecule is FC(F)(F)c1ccc(CCl)c(-c2ccncc2)n1. The van der Waals surface area contributed by atoms with Crippen molar-refractivity contribution in [3.8, 4) is 11.3 Å². The van der Waals surface area contributed by atoms with Crippen molar-refractivity contribution in [3.05, 3.63) is 47.9 Å². The molecular formula is C12H8ClF3N2. The van der Waals surface area contributed by atoms with Crippen molar-refractivity contribution in [2.75, 3.05) is 0 Å². The largest absolute Gasteiger partial charge is 0.433 e. The summed E-state index contributed by atoms with van der Waals surface area (Å²) >= 11 is 5.71. The van der Waals surface area contributed by atoms with Crippen molar-refractivity contribution in [1.29, 1.82) is 0 Å². The van der Waals surface area contributed by atoms with Gasteiger partial charge in [-0.1, -0.05) is 6.07 Å². The standard InChI is InChI=1S/C12H8ClF3N2/c13-7-9-1-2-10(12(14,15)16)18-11(9)8-3-5-17-6-4-8/h1-6H,7H2. The van der Waals surface area contributed by atoms with E-state index in [0.29, 0.717) is 11.1 Å². The minimum absolute atomic E-state index is 0.1000. The van der Waals surface area contributed by atoms with Crippen LogP contribution in [0.15, 0.2) is 36.7 Å². The molecule has 94 valence electrons. The van der Waals surface area contributed by atoms with E-state index in [1.807, 2.05) is 0 Å². The number of hydrogen-bond donors (Lipinski definition) is 0. The van der Waals surface area contributed by atoms with Crippen molar-refractivity contribution in [1.82, 2.24) is 9.97 Å². The Bertz CT molecular complexity index is 541. The maximum atomic E-state index is 12.6. The average molecular weight is 273 g/mol. The van der Waals surface area contributed by atoms with Crippen molar-refractivity contribution in [3.63, 3.8) is 0 Å². The van der Waals surface area contributed by atoms with Crippen LogP contribution in [0.25, 0.3) is 11.3 Å². The molecule has 2 aromatic rings. The summed E-state index contributed by atoms with van der Waals surface area (Å²) in [4.78, 5) is 7.46. The predicted octanol–water partition coefficient (Wildman–Crippen LogP) is 3.90. The van der Waals surface area contributed by atoms with E-state index in [-0.39, 0.29) is 11.6 Å². The van der Waals surface area contributed by atoms with E-state index in [1.54, 1.807) is 12.1 Å². The first-order valence-corrected chi connectivity index (χ1v) is 5.59. The van der Waals surface area contributed by atoms with Crippen molar-refractivity contribution >= 4 is 11.6 Å². The van der Waals surface area contributed by atoms with Crippen LogP contribution in [0, 0.1) is 0 Å². The molecule has 0 aliphatic heterocycles. The van der Waals surface area contributed by atoms with E-state index >= 15 is 0 Å². The maximum absolute atomic E-state index is 12.6. The van der Waals surface area contributed by atoms with Gasteiger partial charge in [0.25, 0.3) is 0 Å². The maximum Gasteiger partial charge on any atom is 0.433 e. The second-order valence-corrected chi connectivity index (χ2v) is 3.84. The fourth-order valence-corrected chi connectivity index (χ4v) is 1.73. The molecule has 2 heterocycles. The van der Waals surface area contributed by atoms with E-state index in [1.165, 1.54) is 18.5 Å². The third-order valence-electron chi connectivity index (χ3n) is 2.37. The molecule has 0 N–H and O–H groups in total. The molecule has 18 heavy (non-hydrogen) atoms. The summed E-state index contributed by atoms with van der Waals surface area (Å²) in [5, 5.41) is 0. The van der Waals surface area contributed by atoms with Gasteiger partial charge in [-0.15, -0.1) is 11.6 Å². The summed E-state index contributed by atoms with van der Waals surface area (Å²) in [6, 6.07) is 5.47. The lowest BCUT2D eigenvalue weighted by Gasteiger charge is -2.11.